The number of amides is 4. The van der Waals surface area contributed by atoms with Gasteiger partial charge in [0.1, 0.15) is 29.5 Å². The largest absolute Gasteiger partial charge is 0.496 e. The Labute approximate surface area is 329 Å². The monoisotopic (exact) mass is 795 g/mol. The van der Waals surface area contributed by atoms with Crippen LogP contribution in [0, 0.1) is 17.3 Å². The first-order valence-electron chi connectivity index (χ1n) is 20.0. The van der Waals surface area contributed by atoms with Crippen molar-refractivity contribution in [1.29, 1.82) is 0 Å². The molecule has 2 saturated carbocycles. The van der Waals surface area contributed by atoms with Crippen LogP contribution in [0.15, 0.2) is 30.5 Å². The molecule has 4 amide bonds. The maximum atomic E-state index is 14.9. The van der Waals surface area contributed by atoms with Crippen LogP contribution >= 0.6 is 0 Å². The molecule has 1 saturated heterocycles. The zero-order valence-electron chi connectivity index (χ0n) is 33.4. The van der Waals surface area contributed by atoms with E-state index >= 15 is 0 Å². The first-order chi connectivity index (χ1) is 26.5. The molecule has 4 aliphatic rings. The molecule has 6 rings (SSSR count). The van der Waals surface area contributed by atoms with Crippen molar-refractivity contribution >= 4 is 50.7 Å². The van der Waals surface area contributed by atoms with Crippen molar-refractivity contribution in [3.63, 3.8) is 0 Å². The summed E-state index contributed by atoms with van der Waals surface area (Å²) in [4.78, 5) is 62.7. The van der Waals surface area contributed by atoms with Gasteiger partial charge >= 0.3 is 6.09 Å². The number of carbonyl (C=O) groups excluding carboxylic acids is 4. The van der Waals surface area contributed by atoms with Gasteiger partial charge in [0.05, 0.1) is 25.5 Å². The zero-order valence-corrected chi connectivity index (χ0v) is 34.2. The number of nitrogens with zero attached hydrogens (tertiary/aromatic N) is 2. The third-order valence-electron chi connectivity index (χ3n) is 12.1. The second-order valence-corrected chi connectivity index (χ2v) is 18.9. The SMILES string of the molecule is CC[C@H](C)[C@@](C)(NC(=O)[C@@H]1C[C@@H]2CN1C(=O)[C@H](C1CCCCC1)NC(=O)OCC(C)(C)C/C=C/c1cc3c(nccc3cc1OC)O2)C(=O)NS(=O)(=O)C1CC1. The van der Waals surface area contributed by atoms with Gasteiger partial charge in [-0.05, 0) is 74.4 Å². The van der Waals surface area contributed by atoms with E-state index in [-0.39, 0.29) is 25.5 Å². The number of fused-ring (bicyclic) bond motifs is 3. The molecule has 56 heavy (non-hydrogen) atoms. The Bertz CT molecular complexity index is 1960. The molecule has 3 N–H and O–H groups in total. The summed E-state index contributed by atoms with van der Waals surface area (Å²) >= 11 is 0. The third kappa shape index (κ3) is 9.08. The summed E-state index contributed by atoms with van der Waals surface area (Å²) in [5.41, 5.74) is -1.29. The summed E-state index contributed by atoms with van der Waals surface area (Å²) in [6.45, 7) is 9.20. The maximum Gasteiger partial charge on any atom is 0.407 e. The predicted molar refractivity (Wildman–Crippen MR) is 211 cm³/mol. The number of aromatic nitrogens is 1. The number of hydrogen-bond acceptors (Lipinski definition) is 10. The highest BCUT2D eigenvalue weighted by Gasteiger charge is 2.49. The fourth-order valence-electron chi connectivity index (χ4n) is 7.99. The average molecular weight is 796 g/mol. The van der Waals surface area contributed by atoms with Crippen molar-refractivity contribution < 1.29 is 41.8 Å². The van der Waals surface area contributed by atoms with Crippen molar-refractivity contribution in [3.05, 3.63) is 36.0 Å². The first-order valence-corrected chi connectivity index (χ1v) is 21.5. The van der Waals surface area contributed by atoms with E-state index in [1.807, 2.05) is 51.1 Å². The molecule has 15 heteroatoms. The quantitative estimate of drug-likeness (QED) is 0.304. The van der Waals surface area contributed by atoms with Crippen LogP contribution in [0.2, 0.25) is 0 Å². The molecule has 4 bridgehead atoms. The van der Waals surface area contributed by atoms with E-state index in [0.717, 1.165) is 30.2 Å². The number of ether oxygens (including phenoxy) is 3. The van der Waals surface area contributed by atoms with Crippen molar-refractivity contribution in [3.8, 4) is 11.6 Å². The van der Waals surface area contributed by atoms with Crippen LogP contribution < -0.4 is 24.8 Å². The van der Waals surface area contributed by atoms with E-state index in [4.69, 9.17) is 14.2 Å². The topological polar surface area (TPSA) is 182 Å². The zero-order chi connectivity index (χ0) is 40.4. The Morgan fingerprint density at radius 2 is 1.88 bits per heavy atom. The van der Waals surface area contributed by atoms with Crippen LogP contribution in [0.5, 0.6) is 11.6 Å². The third-order valence-corrected chi connectivity index (χ3v) is 13.9. The summed E-state index contributed by atoms with van der Waals surface area (Å²) in [7, 11) is -2.31. The van der Waals surface area contributed by atoms with Crippen molar-refractivity contribution in [2.24, 2.45) is 17.3 Å². The molecule has 3 heterocycles. The number of sulfonamides is 1. The van der Waals surface area contributed by atoms with Gasteiger partial charge in [-0.2, -0.15) is 0 Å². The molecule has 2 aromatic rings. The molecule has 306 valence electrons. The van der Waals surface area contributed by atoms with E-state index in [1.165, 1.54) is 11.8 Å². The maximum absolute atomic E-state index is 14.9. The molecular formula is C41H57N5O9S. The molecule has 2 aliphatic carbocycles. The molecule has 0 radical (unpaired) electrons. The minimum Gasteiger partial charge on any atom is -0.496 e. The molecule has 14 nitrogen and oxygen atoms in total. The van der Waals surface area contributed by atoms with Crippen molar-refractivity contribution in [1.82, 2.24) is 25.2 Å². The lowest BCUT2D eigenvalue weighted by molar-refractivity contribution is -0.143. The van der Waals surface area contributed by atoms with Crippen molar-refractivity contribution in [2.75, 3.05) is 20.3 Å². The van der Waals surface area contributed by atoms with E-state index in [0.29, 0.717) is 55.5 Å². The van der Waals surface area contributed by atoms with Gasteiger partial charge in [-0.1, -0.05) is 65.5 Å². The van der Waals surface area contributed by atoms with Crippen LogP contribution in [0.25, 0.3) is 16.8 Å². The molecule has 1 aromatic carbocycles. The first kappa shape index (κ1) is 41.2. The lowest BCUT2D eigenvalue weighted by Crippen LogP contribution is -2.64. The van der Waals surface area contributed by atoms with Gasteiger partial charge in [0, 0.05) is 29.0 Å². The number of cyclic esters (lactones) is 1. The van der Waals surface area contributed by atoms with E-state index in [9.17, 15) is 27.6 Å². The number of nitrogens with one attached hydrogen (secondary N) is 3. The van der Waals surface area contributed by atoms with Crippen LogP contribution in [0.4, 0.5) is 4.79 Å². The number of hydrogen-bond donors (Lipinski definition) is 3. The van der Waals surface area contributed by atoms with Gasteiger partial charge < -0.3 is 29.7 Å². The number of pyridine rings is 1. The molecule has 1 aromatic heterocycles. The Hall–Kier alpha value is -4.40. The predicted octanol–water partition coefficient (Wildman–Crippen LogP) is 5.24. The highest BCUT2D eigenvalue weighted by molar-refractivity contribution is 7.91. The van der Waals surface area contributed by atoms with Crippen LogP contribution in [-0.2, 0) is 29.1 Å². The Kier molecular flexibility index (Phi) is 12.2. The minimum absolute atomic E-state index is 0.00676. The Balaban J connectivity index is 1.39. The minimum atomic E-state index is -3.91. The molecule has 0 unspecified atom stereocenters. The van der Waals surface area contributed by atoms with Gasteiger partial charge in [0.25, 0.3) is 5.91 Å². The summed E-state index contributed by atoms with van der Waals surface area (Å²) < 4.78 is 46.0. The average Bonchev–Trinajstić information content (AvgIpc) is 3.96. The normalized spacial score (nSPS) is 25.8. The molecule has 0 spiro atoms. The van der Waals surface area contributed by atoms with Gasteiger partial charge in [-0.3, -0.25) is 19.1 Å². The van der Waals surface area contributed by atoms with Gasteiger partial charge in [-0.25, -0.2) is 18.2 Å². The number of methoxy groups -OCH3 is 1. The molecule has 3 fully saturated rings. The van der Waals surface area contributed by atoms with E-state index < -0.39 is 74.1 Å². The lowest BCUT2D eigenvalue weighted by atomic mass is 9.83. The van der Waals surface area contributed by atoms with Crippen LogP contribution in [-0.4, -0.2) is 91.4 Å². The molecule has 5 atom stereocenters. The second kappa shape index (κ2) is 16.6. The van der Waals surface area contributed by atoms with Gasteiger partial charge in [0.2, 0.25) is 27.7 Å². The van der Waals surface area contributed by atoms with E-state index in [2.05, 4.69) is 20.3 Å². The summed E-state index contributed by atoms with van der Waals surface area (Å²) in [6.07, 6.45) is 10.4. The standard InChI is InChI=1S/C41H57N5O9S/c1-7-25(2)41(5,38(49)45-56(51,52)30-15-16-30)44-35(47)32-22-29-23-46(32)37(48)34(26-12-9-8-10-13-26)43-39(50)54-24-40(3,4)18-11-14-28-20-31-27(21-33(28)53-6)17-19-42-36(31)55-29/h11,14,17,19-21,25-26,29-30,32,34H,7-10,12-13,15-16,18,22-24H2,1-6H3,(H,43,50)(H,44,47)(H,45,49)/b14-11+/t25-,29+,32-,34-,41+/m0/s1. The van der Waals surface area contributed by atoms with E-state index in [1.54, 1.807) is 20.2 Å². The molecular weight excluding hydrogens is 739 g/mol. The van der Waals surface area contributed by atoms with Crippen LogP contribution in [0.1, 0.15) is 104 Å². The highest BCUT2D eigenvalue weighted by Crippen LogP contribution is 2.36. The van der Waals surface area contributed by atoms with Crippen LogP contribution in [0.3, 0.4) is 0 Å². The summed E-state index contributed by atoms with van der Waals surface area (Å²) in [5.74, 6) is -1.61. The number of benzene rings is 1. The number of alkyl carbamates (subject to hydrolysis) is 1. The van der Waals surface area contributed by atoms with Gasteiger partial charge in [-0.15, -0.1) is 0 Å². The lowest BCUT2D eigenvalue weighted by Gasteiger charge is -2.37. The Morgan fingerprint density at radius 3 is 2.55 bits per heavy atom. The number of allylic oxidation sites excluding steroid dienone is 1. The Morgan fingerprint density at radius 1 is 1.14 bits per heavy atom. The van der Waals surface area contributed by atoms with Gasteiger partial charge in [0.15, 0.2) is 0 Å². The smallest absolute Gasteiger partial charge is 0.407 e. The summed E-state index contributed by atoms with van der Waals surface area (Å²) in [6, 6.07) is 3.59. The van der Waals surface area contributed by atoms with Crippen molar-refractivity contribution in [2.45, 2.75) is 128 Å². The fraction of sp³-hybridized carbons (Fsp3) is 0.634. The fourth-order valence-corrected chi connectivity index (χ4v) is 9.39. The summed E-state index contributed by atoms with van der Waals surface area (Å²) in [5, 5.41) is 6.67. The second-order valence-electron chi connectivity index (χ2n) is 17.0. The number of carbonyl (C=O) groups is 4. The highest BCUT2D eigenvalue weighted by atomic mass is 32.2. The number of rotatable bonds is 9. The molecule has 2 aliphatic heterocycles.